The van der Waals surface area contributed by atoms with Gasteiger partial charge in [-0.15, -0.1) is 0 Å². The summed E-state index contributed by atoms with van der Waals surface area (Å²) in [7, 11) is -7.15. The average molecular weight is 409 g/mol. The first-order valence-corrected chi connectivity index (χ1v) is 9.66. The third kappa shape index (κ3) is 4.79. The van der Waals surface area contributed by atoms with E-state index in [2.05, 4.69) is 3.27 Å². The minimum absolute atomic E-state index is 0.200. The third-order valence-electron chi connectivity index (χ3n) is 2.10. The Hall–Kier alpha value is -0.411. The summed E-state index contributed by atoms with van der Waals surface area (Å²) in [4.78, 5) is 0.280. The standard InChI is InChI=1S/C11H13F3O4S2Se/c1-10(2,3)19(15)8-6-4-5-7-9(8)21-18-20(16,17)11(12,13)14/h4-7H,1-3H3. The Labute approximate surface area is 130 Å². The van der Waals surface area contributed by atoms with Crippen molar-refractivity contribution in [3.63, 3.8) is 0 Å². The molecule has 0 bridgehead atoms. The zero-order chi connectivity index (χ0) is 16.5. The van der Waals surface area contributed by atoms with E-state index in [1.165, 1.54) is 18.2 Å². The Kier molecular flexibility index (Phi) is 5.66. The average Bonchev–Trinajstić information content (AvgIpc) is 2.33. The maximum absolute atomic E-state index is 12.3. The summed E-state index contributed by atoms with van der Waals surface area (Å²) < 4.78 is 74.4. The third-order valence-corrected chi connectivity index (χ3v) is 7.76. The van der Waals surface area contributed by atoms with Crippen molar-refractivity contribution in [1.82, 2.24) is 0 Å². The summed E-state index contributed by atoms with van der Waals surface area (Å²) in [6, 6.07) is 5.99. The molecule has 0 aliphatic carbocycles. The Morgan fingerprint density at radius 2 is 1.67 bits per heavy atom. The molecule has 0 aromatic heterocycles. The van der Waals surface area contributed by atoms with E-state index in [1.54, 1.807) is 26.8 Å². The van der Waals surface area contributed by atoms with Gasteiger partial charge in [-0.05, 0) is 0 Å². The van der Waals surface area contributed by atoms with Gasteiger partial charge in [0.1, 0.15) is 0 Å². The van der Waals surface area contributed by atoms with Crippen LogP contribution in [0.4, 0.5) is 13.2 Å². The molecule has 120 valence electrons. The number of rotatable bonds is 4. The first-order valence-electron chi connectivity index (χ1n) is 5.54. The van der Waals surface area contributed by atoms with Crippen LogP contribution in [0.25, 0.3) is 0 Å². The van der Waals surface area contributed by atoms with Crippen molar-refractivity contribution in [2.75, 3.05) is 0 Å². The van der Waals surface area contributed by atoms with Gasteiger partial charge in [0.05, 0.1) is 0 Å². The van der Waals surface area contributed by atoms with Gasteiger partial charge in [0.25, 0.3) is 0 Å². The molecule has 0 radical (unpaired) electrons. The van der Waals surface area contributed by atoms with E-state index < -0.39 is 46.5 Å². The molecule has 21 heavy (non-hydrogen) atoms. The monoisotopic (exact) mass is 410 g/mol. The molecule has 10 heteroatoms. The molecule has 0 saturated heterocycles. The fraction of sp³-hybridized carbons (Fsp3) is 0.455. The van der Waals surface area contributed by atoms with Gasteiger partial charge in [0.2, 0.25) is 0 Å². The van der Waals surface area contributed by atoms with Gasteiger partial charge in [-0.25, -0.2) is 0 Å². The summed E-state index contributed by atoms with van der Waals surface area (Å²) in [5, 5.41) is 0. The van der Waals surface area contributed by atoms with Crippen LogP contribution in [0.1, 0.15) is 20.8 Å². The molecule has 0 aliphatic rings. The van der Waals surface area contributed by atoms with Crippen LogP contribution >= 0.6 is 0 Å². The van der Waals surface area contributed by atoms with Crippen LogP contribution in [0.3, 0.4) is 0 Å². The molecule has 4 nitrogen and oxygen atoms in total. The molecule has 1 aromatic carbocycles. The number of benzene rings is 1. The summed E-state index contributed by atoms with van der Waals surface area (Å²) in [5.74, 6) is 0. The number of halogens is 3. The van der Waals surface area contributed by atoms with Crippen LogP contribution in [0.5, 0.6) is 0 Å². The summed E-state index contributed by atoms with van der Waals surface area (Å²) >= 11 is -1.45. The van der Waals surface area contributed by atoms with Crippen LogP contribution in [0, 0.1) is 0 Å². The predicted octanol–water partition coefficient (Wildman–Crippen LogP) is 1.70. The van der Waals surface area contributed by atoms with E-state index in [4.69, 9.17) is 0 Å². The Balaban J connectivity index is 3.05. The van der Waals surface area contributed by atoms with Crippen LogP contribution in [-0.2, 0) is 24.2 Å². The SMILES string of the molecule is CC(C)(C)S(=O)c1ccccc1[Se]OS(=O)(=O)C(F)(F)F. The van der Waals surface area contributed by atoms with Gasteiger partial charge < -0.3 is 0 Å². The van der Waals surface area contributed by atoms with E-state index in [1.807, 2.05) is 0 Å². The van der Waals surface area contributed by atoms with Gasteiger partial charge >= 0.3 is 130 Å². The minimum atomic E-state index is -5.65. The normalized spacial score (nSPS) is 15.0. The van der Waals surface area contributed by atoms with E-state index in [0.29, 0.717) is 0 Å². The van der Waals surface area contributed by atoms with Crippen LogP contribution in [0.2, 0.25) is 0 Å². The molecule has 0 aliphatic heterocycles. The van der Waals surface area contributed by atoms with E-state index >= 15 is 0 Å². The van der Waals surface area contributed by atoms with Crippen molar-refractivity contribution in [2.24, 2.45) is 0 Å². The fourth-order valence-corrected chi connectivity index (χ4v) is 5.24. The van der Waals surface area contributed by atoms with Crippen molar-refractivity contribution in [1.29, 1.82) is 0 Å². The first-order chi connectivity index (χ1) is 9.36. The van der Waals surface area contributed by atoms with Gasteiger partial charge in [-0.3, -0.25) is 0 Å². The van der Waals surface area contributed by atoms with Gasteiger partial charge in [-0.2, -0.15) is 0 Å². The molecular formula is C11H13F3O4S2Se. The molecule has 1 unspecified atom stereocenters. The van der Waals surface area contributed by atoms with Crippen LogP contribution < -0.4 is 4.46 Å². The fourth-order valence-electron chi connectivity index (χ4n) is 1.12. The zero-order valence-electron chi connectivity index (χ0n) is 11.3. The Bertz CT molecular complexity index is 636. The second-order valence-electron chi connectivity index (χ2n) is 4.88. The molecule has 1 atom stereocenters. The quantitative estimate of drug-likeness (QED) is 0.561. The van der Waals surface area contributed by atoms with E-state index in [9.17, 15) is 25.8 Å². The molecule has 1 aromatic rings. The molecule has 0 N–H and O–H groups in total. The van der Waals surface area contributed by atoms with Gasteiger partial charge in [0, 0.05) is 0 Å². The molecule has 0 fully saturated rings. The topological polar surface area (TPSA) is 60.4 Å². The summed E-state index contributed by atoms with van der Waals surface area (Å²) in [6.07, 6.45) is 0. The molecule has 0 heterocycles. The van der Waals surface area contributed by atoms with Crippen molar-refractivity contribution in [2.45, 2.75) is 35.9 Å². The zero-order valence-corrected chi connectivity index (χ0v) is 14.6. The predicted molar refractivity (Wildman–Crippen MR) is 74.1 cm³/mol. The molecule has 1 rings (SSSR count). The second kappa shape index (κ2) is 6.37. The number of alkyl halides is 3. The molecule has 0 saturated carbocycles. The second-order valence-corrected chi connectivity index (χ2v) is 10.7. The van der Waals surface area contributed by atoms with Crippen molar-refractivity contribution in [3.8, 4) is 0 Å². The first kappa shape index (κ1) is 18.6. The van der Waals surface area contributed by atoms with E-state index in [0.717, 1.165) is 0 Å². The van der Waals surface area contributed by atoms with Gasteiger partial charge in [0.15, 0.2) is 0 Å². The van der Waals surface area contributed by atoms with E-state index in [-0.39, 0.29) is 9.36 Å². The number of hydrogen-bond donors (Lipinski definition) is 0. The number of hydrogen-bond acceptors (Lipinski definition) is 4. The van der Waals surface area contributed by atoms with Crippen LogP contribution in [0.15, 0.2) is 29.2 Å². The molecule has 0 spiro atoms. The van der Waals surface area contributed by atoms with Crippen molar-refractivity contribution in [3.05, 3.63) is 24.3 Å². The van der Waals surface area contributed by atoms with Crippen molar-refractivity contribution >= 4 is 40.7 Å². The molecule has 0 amide bonds. The van der Waals surface area contributed by atoms with Crippen LogP contribution in [-0.4, -0.2) is 38.2 Å². The van der Waals surface area contributed by atoms with Crippen molar-refractivity contribution < 1.29 is 29.1 Å². The maximum atomic E-state index is 12.3. The Morgan fingerprint density at radius 3 is 2.14 bits per heavy atom. The van der Waals surface area contributed by atoms with Gasteiger partial charge in [-0.1, -0.05) is 0 Å². The summed E-state index contributed by atoms with van der Waals surface area (Å²) in [6.45, 7) is 5.13. The molecular weight excluding hydrogens is 396 g/mol. The summed E-state index contributed by atoms with van der Waals surface area (Å²) in [5.41, 5.74) is -5.47. The Morgan fingerprint density at radius 1 is 1.14 bits per heavy atom.